The molecule has 2 fully saturated rings. The van der Waals surface area contributed by atoms with E-state index in [0.717, 1.165) is 51.9 Å². The third-order valence-electron chi connectivity index (χ3n) is 5.54. The highest BCUT2D eigenvalue weighted by molar-refractivity contribution is 5.78. The van der Waals surface area contributed by atoms with Crippen molar-refractivity contribution in [1.82, 2.24) is 15.1 Å². The van der Waals surface area contributed by atoms with Crippen molar-refractivity contribution in [2.75, 3.05) is 39.8 Å². The van der Waals surface area contributed by atoms with Crippen LogP contribution in [-0.4, -0.2) is 72.7 Å². The van der Waals surface area contributed by atoms with Crippen LogP contribution in [-0.2, 0) is 11.2 Å². The first kappa shape index (κ1) is 18.4. The SMILES string of the molecule is CN1CCCN(CC(=O)N[C@H](Cc2ccccc2)C2CC(O)C2)CC1. The van der Waals surface area contributed by atoms with Gasteiger partial charge in [-0.3, -0.25) is 9.69 Å². The van der Waals surface area contributed by atoms with Gasteiger partial charge in [0, 0.05) is 19.1 Å². The van der Waals surface area contributed by atoms with Crippen LogP contribution in [0, 0.1) is 5.92 Å². The molecule has 5 nitrogen and oxygen atoms in total. The first-order valence-corrected chi connectivity index (χ1v) is 9.52. The molecule has 0 unspecified atom stereocenters. The lowest BCUT2D eigenvalue weighted by atomic mass is 9.75. The van der Waals surface area contributed by atoms with Gasteiger partial charge in [-0.25, -0.2) is 0 Å². The highest BCUT2D eigenvalue weighted by Gasteiger charge is 2.34. The van der Waals surface area contributed by atoms with E-state index < -0.39 is 0 Å². The van der Waals surface area contributed by atoms with E-state index >= 15 is 0 Å². The normalized spacial score (nSPS) is 26.5. The zero-order valence-electron chi connectivity index (χ0n) is 15.2. The van der Waals surface area contributed by atoms with E-state index in [1.165, 1.54) is 5.56 Å². The number of aliphatic hydroxyl groups excluding tert-OH is 1. The van der Waals surface area contributed by atoms with Crippen molar-refractivity contribution in [2.24, 2.45) is 5.92 Å². The van der Waals surface area contributed by atoms with E-state index in [0.29, 0.717) is 12.5 Å². The van der Waals surface area contributed by atoms with Crippen molar-refractivity contribution in [1.29, 1.82) is 0 Å². The summed E-state index contributed by atoms with van der Waals surface area (Å²) in [7, 11) is 2.14. The van der Waals surface area contributed by atoms with E-state index in [1.54, 1.807) is 0 Å². The standard InChI is InChI=1S/C20H31N3O2/c1-22-8-5-9-23(11-10-22)15-20(25)21-19(17-13-18(24)14-17)12-16-6-3-2-4-7-16/h2-4,6-7,17-19,24H,5,8-15H2,1H3,(H,21,25)/t17?,18?,19-/m1/s1. The van der Waals surface area contributed by atoms with Crippen molar-refractivity contribution in [3.63, 3.8) is 0 Å². The Hall–Kier alpha value is -1.43. The molecule has 1 aromatic carbocycles. The monoisotopic (exact) mass is 345 g/mol. The van der Waals surface area contributed by atoms with Crippen LogP contribution in [0.2, 0.25) is 0 Å². The molecule has 0 radical (unpaired) electrons. The van der Waals surface area contributed by atoms with Crippen molar-refractivity contribution >= 4 is 5.91 Å². The van der Waals surface area contributed by atoms with Crippen molar-refractivity contribution in [3.05, 3.63) is 35.9 Å². The summed E-state index contributed by atoms with van der Waals surface area (Å²) in [4.78, 5) is 17.2. The van der Waals surface area contributed by atoms with E-state index in [9.17, 15) is 9.90 Å². The van der Waals surface area contributed by atoms with Crippen molar-refractivity contribution in [3.8, 4) is 0 Å². The molecule has 0 spiro atoms. The Morgan fingerprint density at radius 1 is 1.20 bits per heavy atom. The minimum Gasteiger partial charge on any atom is -0.393 e. The molecule has 1 amide bonds. The maximum Gasteiger partial charge on any atom is 0.234 e. The smallest absolute Gasteiger partial charge is 0.234 e. The van der Waals surface area contributed by atoms with E-state index in [2.05, 4.69) is 34.3 Å². The number of rotatable bonds is 6. The van der Waals surface area contributed by atoms with Crippen LogP contribution in [0.5, 0.6) is 0 Å². The third-order valence-corrected chi connectivity index (χ3v) is 5.54. The molecule has 138 valence electrons. The third kappa shape index (κ3) is 5.53. The summed E-state index contributed by atoms with van der Waals surface area (Å²) in [5, 5.41) is 12.9. The molecule has 1 saturated heterocycles. The Labute approximate surface area is 151 Å². The van der Waals surface area contributed by atoms with Gasteiger partial charge in [-0.1, -0.05) is 30.3 Å². The molecule has 1 aliphatic heterocycles. The average Bonchev–Trinajstić information content (AvgIpc) is 2.77. The van der Waals surface area contributed by atoms with Crippen LogP contribution >= 0.6 is 0 Å². The van der Waals surface area contributed by atoms with Gasteiger partial charge >= 0.3 is 0 Å². The summed E-state index contributed by atoms with van der Waals surface area (Å²) >= 11 is 0. The molecule has 2 N–H and O–H groups in total. The zero-order chi connectivity index (χ0) is 17.6. The average molecular weight is 345 g/mol. The van der Waals surface area contributed by atoms with E-state index in [1.807, 2.05) is 18.2 Å². The van der Waals surface area contributed by atoms with E-state index in [-0.39, 0.29) is 18.1 Å². The molecule has 1 aliphatic carbocycles. The summed E-state index contributed by atoms with van der Waals surface area (Å²) in [6.07, 6.45) is 3.36. The highest BCUT2D eigenvalue weighted by atomic mass is 16.3. The van der Waals surface area contributed by atoms with Crippen molar-refractivity contribution in [2.45, 2.75) is 37.8 Å². The Bertz CT molecular complexity index is 545. The second kappa shape index (κ2) is 8.79. The quantitative estimate of drug-likeness (QED) is 0.811. The number of amides is 1. The van der Waals surface area contributed by atoms with Gasteiger partial charge in [-0.15, -0.1) is 0 Å². The topological polar surface area (TPSA) is 55.8 Å². The number of hydrogen-bond donors (Lipinski definition) is 2. The van der Waals surface area contributed by atoms with Crippen LogP contribution in [0.3, 0.4) is 0 Å². The summed E-state index contributed by atoms with van der Waals surface area (Å²) < 4.78 is 0. The first-order chi connectivity index (χ1) is 12.1. The molecule has 0 bridgehead atoms. The van der Waals surface area contributed by atoms with Gasteiger partial charge < -0.3 is 15.3 Å². The Balaban J connectivity index is 1.54. The first-order valence-electron chi connectivity index (χ1n) is 9.52. The molecular weight excluding hydrogens is 314 g/mol. The number of benzene rings is 1. The fourth-order valence-electron chi connectivity index (χ4n) is 3.88. The number of likely N-dealkylation sites (N-methyl/N-ethyl adjacent to an activating group) is 1. The molecule has 5 heteroatoms. The molecule has 1 aromatic rings. The van der Waals surface area contributed by atoms with Gasteiger partial charge in [0.25, 0.3) is 0 Å². The van der Waals surface area contributed by atoms with E-state index in [4.69, 9.17) is 0 Å². The molecule has 1 heterocycles. The lowest BCUT2D eigenvalue weighted by molar-refractivity contribution is -0.124. The van der Waals surface area contributed by atoms with Crippen LogP contribution in [0.15, 0.2) is 30.3 Å². The van der Waals surface area contributed by atoms with Crippen LogP contribution < -0.4 is 5.32 Å². The summed E-state index contributed by atoms with van der Waals surface area (Å²) in [5.74, 6) is 0.501. The number of nitrogens with one attached hydrogen (secondary N) is 1. The molecule has 0 aromatic heterocycles. The predicted octanol–water partition coefficient (Wildman–Crippen LogP) is 1.12. The fraction of sp³-hybridized carbons (Fsp3) is 0.650. The summed E-state index contributed by atoms with van der Waals surface area (Å²) in [5.41, 5.74) is 1.24. The fourth-order valence-corrected chi connectivity index (χ4v) is 3.88. The molecule has 2 aliphatic rings. The molecule has 1 saturated carbocycles. The lowest BCUT2D eigenvalue weighted by Crippen LogP contribution is -2.50. The maximum absolute atomic E-state index is 12.6. The van der Waals surface area contributed by atoms with Gasteiger partial charge in [0.2, 0.25) is 5.91 Å². The number of aliphatic hydroxyl groups is 1. The maximum atomic E-state index is 12.6. The molecule has 25 heavy (non-hydrogen) atoms. The number of hydrogen-bond acceptors (Lipinski definition) is 4. The number of carbonyl (C=O) groups excluding carboxylic acids is 1. The van der Waals surface area contributed by atoms with Crippen LogP contribution in [0.25, 0.3) is 0 Å². The minimum absolute atomic E-state index is 0.117. The largest absolute Gasteiger partial charge is 0.393 e. The number of carbonyl (C=O) groups is 1. The zero-order valence-corrected chi connectivity index (χ0v) is 15.2. The van der Waals surface area contributed by atoms with Gasteiger partial charge in [0.15, 0.2) is 0 Å². The Kier molecular flexibility index (Phi) is 6.45. The molecular formula is C20H31N3O2. The van der Waals surface area contributed by atoms with Gasteiger partial charge in [-0.05, 0) is 57.3 Å². The van der Waals surface area contributed by atoms with Crippen LogP contribution in [0.4, 0.5) is 0 Å². The Morgan fingerprint density at radius 2 is 1.96 bits per heavy atom. The van der Waals surface area contributed by atoms with Crippen molar-refractivity contribution < 1.29 is 9.90 Å². The predicted molar refractivity (Wildman–Crippen MR) is 99.4 cm³/mol. The van der Waals surface area contributed by atoms with Gasteiger partial charge in [0.05, 0.1) is 12.6 Å². The minimum atomic E-state index is -0.193. The summed E-state index contributed by atoms with van der Waals surface area (Å²) in [6, 6.07) is 10.4. The number of nitrogens with zero attached hydrogens (tertiary/aromatic N) is 2. The molecule has 1 atom stereocenters. The summed E-state index contributed by atoms with van der Waals surface area (Å²) in [6.45, 7) is 4.55. The van der Waals surface area contributed by atoms with Crippen LogP contribution in [0.1, 0.15) is 24.8 Å². The second-order valence-corrected chi connectivity index (χ2v) is 7.68. The molecule has 3 rings (SSSR count). The highest BCUT2D eigenvalue weighted by Crippen LogP contribution is 2.31. The Morgan fingerprint density at radius 3 is 2.68 bits per heavy atom. The second-order valence-electron chi connectivity index (χ2n) is 7.68. The van der Waals surface area contributed by atoms with Gasteiger partial charge in [-0.2, -0.15) is 0 Å². The lowest BCUT2D eigenvalue weighted by Gasteiger charge is -2.38. The van der Waals surface area contributed by atoms with Gasteiger partial charge in [0.1, 0.15) is 0 Å².